The molecule has 0 heterocycles. The summed E-state index contributed by atoms with van der Waals surface area (Å²) in [5.41, 5.74) is -1.39. The van der Waals surface area contributed by atoms with Crippen molar-refractivity contribution < 1.29 is 29.7 Å². The average molecular weight is 209 g/mol. The Morgan fingerprint density at radius 3 is 1.53 bits per heavy atom. The van der Waals surface area contributed by atoms with Crippen LogP contribution in [0.3, 0.4) is 0 Å². The van der Waals surface area contributed by atoms with Gasteiger partial charge in [0.25, 0.3) is 0 Å². The first-order chi connectivity index (χ1) is 6.91. The lowest BCUT2D eigenvalue weighted by Gasteiger charge is -2.00. The van der Waals surface area contributed by atoms with Gasteiger partial charge in [-0.3, -0.25) is 0 Å². The van der Waals surface area contributed by atoms with Gasteiger partial charge in [-0.05, 0) is 12.1 Å². The number of carboxylic acid groups (broad SMARTS) is 3. The number of hydrogen-bond acceptors (Lipinski definition) is 3. The molecule has 0 unspecified atom stereocenters. The molecule has 3 N–H and O–H groups in total. The maximum Gasteiger partial charge on any atom is 0.336 e. The van der Waals surface area contributed by atoms with Crippen LogP contribution < -0.4 is 0 Å². The third kappa shape index (κ3) is 2.31. The molecule has 1 rings (SSSR count). The van der Waals surface area contributed by atoms with Crippen LogP contribution in [0, 0.1) is 6.07 Å². The van der Waals surface area contributed by atoms with E-state index in [0.717, 1.165) is 12.1 Å². The molecule has 0 aliphatic rings. The van der Waals surface area contributed by atoms with Gasteiger partial charge >= 0.3 is 17.9 Å². The second-order valence-corrected chi connectivity index (χ2v) is 2.61. The van der Waals surface area contributed by atoms with Gasteiger partial charge in [0.15, 0.2) is 0 Å². The van der Waals surface area contributed by atoms with Gasteiger partial charge in [-0.2, -0.15) is 0 Å². The minimum absolute atomic E-state index is 0.399. The van der Waals surface area contributed by atoms with E-state index < -0.39 is 34.6 Å². The van der Waals surface area contributed by atoms with Crippen LogP contribution in [0.1, 0.15) is 31.1 Å². The van der Waals surface area contributed by atoms with Gasteiger partial charge in [0.05, 0.1) is 16.7 Å². The molecular weight excluding hydrogens is 204 g/mol. The largest absolute Gasteiger partial charge is 0.478 e. The summed E-state index contributed by atoms with van der Waals surface area (Å²) in [5, 5.41) is 25.8. The molecule has 0 atom stereocenters. The van der Waals surface area contributed by atoms with Gasteiger partial charge in [-0.25, -0.2) is 14.4 Å². The number of carboxylic acids is 3. The van der Waals surface area contributed by atoms with E-state index in [9.17, 15) is 14.4 Å². The minimum Gasteiger partial charge on any atom is -0.478 e. The first-order valence-corrected chi connectivity index (χ1v) is 3.69. The molecule has 0 fully saturated rings. The van der Waals surface area contributed by atoms with Crippen LogP contribution in [0.5, 0.6) is 0 Å². The Morgan fingerprint density at radius 1 is 0.867 bits per heavy atom. The van der Waals surface area contributed by atoms with E-state index in [1.54, 1.807) is 0 Å². The van der Waals surface area contributed by atoms with Crippen molar-refractivity contribution in [1.29, 1.82) is 0 Å². The van der Waals surface area contributed by atoms with Gasteiger partial charge in [0.2, 0.25) is 0 Å². The summed E-state index contributed by atoms with van der Waals surface area (Å²) in [5.74, 6) is -4.25. The summed E-state index contributed by atoms with van der Waals surface area (Å²) in [6.07, 6.45) is 0. The molecule has 0 saturated heterocycles. The maximum atomic E-state index is 10.6. The molecule has 15 heavy (non-hydrogen) atoms. The summed E-state index contributed by atoms with van der Waals surface area (Å²) in [7, 11) is 0. The summed E-state index contributed by atoms with van der Waals surface area (Å²) in [6, 6.07) is 3.76. The SMILES string of the molecule is O=C(O)c1[c]c(C(=O)O)cc(C(=O)O)c1. The predicted molar refractivity (Wildman–Crippen MR) is 46.2 cm³/mol. The van der Waals surface area contributed by atoms with Crippen LogP contribution in [-0.2, 0) is 0 Å². The molecule has 6 nitrogen and oxygen atoms in total. The number of benzene rings is 1. The van der Waals surface area contributed by atoms with Gasteiger partial charge < -0.3 is 15.3 Å². The highest BCUT2D eigenvalue weighted by atomic mass is 16.4. The Kier molecular flexibility index (Phi) is 2.70. The first-order valence-electron chi connectivity index (χ1n) is 3.69. The van der Waals surface area contributed by atoms with E-state index in [2.05, 4.69) is 6.07 Å². The Hall–Kier alpha value is -2.37. The molecule has 0 aromatic heterocycles. The number of aromatic carboxylic acids is 3. The second-order valence-electron chi connectivity index (χ2n) is 2.61. The highest BCUT2D eigenvalue weighted by Crippen LogP contribution is 2.10. The summed E-state index contributed by atoms with van der Waals surface area (Å²) in [6.45, 7) is 0. The minimum atomic E-state index is -1.43. The number of carbonyl (C=O) groups is 3. The van der Waals surface area contributed by atoms with Crippen molar-refractivity contribution in [2.75, 3.05) is 0 Å². The molecule has 1 aromatic carbocycles. The fourth-order valence-corrected chi connectivity index (χ4v) is 0.924. The van der Waals surface area contributed by atoms with E-state index >= 15 is 0 Å². The summed E-state index contributed by atoms with van der Waals surface area (Å²) in [4.78, 5) is 31.6. The molecule has 6 heteroatoms. The Labute approximate surface area is 83.4 Å². The first kappa shape index (κ1) is 10.7. The fraction of sp³-hybridized carbons (Fsp3) is 0. The lowest BCUT2D eigenvalue weighted by Crippen LogP contribution is -2.07. The lowest BCUT2D eigenvalue weighted by atomic mass is 10.1. The maximum absolute atomic E-state index is 10.6. The van der Waals surface area contributed by atoms with Crippen LogP contribution in [0.25, 0.3) is 0 Å². The van der Waals surface area contributed by atoms with E-state index in [1.807, 2.05) is 0 Å². The van der Waals surface area contributed by atoms with Crippen molar-refractivity contribution in [1.82, 2.24) is 0 Å². The van der Waals surface area contributed by atoms with E-state index in [1.165, 1.54) is 0 Å². The van der Waals surface area contributed by atoms with Crippen molar-refractivity contribution in [2.45, 2.75) is 0 Å². The van der Waals surface area contributed by atoms with Crippen LogP contribution >= 0.6 is 0 Å². The highest BCUT2D eigenvalue weighted by Gasteiger charge is 2.14. The average Bonchev–Trinajstić information content (AvgIpc) is 2.16. The molecule has 1 aromatic rings. The van der Waals surface area contributed by atoms with E-state index in [-0.39, 0.29) is 0 Å². The van der Waals surface area contributed by atoms with Gasteiger partial charge in [-0.15, -0.1) is 0 Å². The molecule has 0 saturated carbocycles. The van der Waals surface area contributed by atoms with E-state index in [0.29, 0.717) is 0 Å². The van der Waals surface area contributed by atoms with Crippen molar-refractivity contribution in [3.63, 3.8) is 0 Å². The molecule has 77 valence electrons. The predicted octanol–water partition coefficient (Wildman–Crippen LogP) is 0.581. The van der Waals surface area contributed by atoms with Crippen LogP contribution in [0.2, 0.25) is 0 Å². The smallest absolute Gasteiger partial charge is 0.336 e. The molecule has 0 spiro atoms. The van der Waals surface area contributed by atoms with Gasteiger partial charge in [-0.1, -0.05) is 0 Å². The zero-order valence-electron chi connectivity index (χ0n) is 7.22. The summed E-state index contributed by atoms with van der Waals surface area (Å²) >= 11 is 0. The Morgan fingerprint density at radius 2 is 1.27 bits per heavy atom. The Bertz CT molecular complexity index is 369. The monoisotopic (exact) mass is 209 g/mol. The Balaban J connectivity index is 3.39. The fourth-order valence-electron chi connectivity index (χ4n) is 0.924. The third-order valence-corrected chi connectivity index (χ3v) is 1.58. The van der Waals surface area contributed by atoms with E-state index in [4.69, 9.17) is 15.3 Å². The van der Waals surface area contributed by atoms with Crippen molar-refractivity contribution in [2.24, 2.45) is 0 Å². The molecule has 1 radical (unpaired) electrons. The number of rotatable bonds is 3. The molecular formula is C9H5O6. The van der Waals surface area contributed by atoms with Crippen molar-refractivity contribution >= 4 is 17.9 Å². The third-order valence-electron chi connectivity index (χ3n) is 1.58. The lowest BCUT2D eigenvalue weighted by molar-refractivity contribution is 0.0695. The van der Waals surface area contributed by atoms with Crippen molar-refractivity contribution in [3.8, 4) is 0 Å². The molecule has 0 aliphatic carbocycles. The zero-order chi connectivity index (χ0) is 11.6. The van der Waals surface area contributed by atoms with Crippen molar-refractivity contribution in [3.05, 3.63) is 34.9 Å². The molecule has 0 aliphatic heterocycles. The number of hydrogen-bond donors (Lipinski definition) is 3. The van der Waals surface area contributed by atoms with Crippen LogP contribution in [0.15, 0.2) is 12.1 Å². The van der Waals surface area contributed by atoms with Gasteiger partial charge in [0, 0.05) is 6.07 Å². The second kappa shape index (κ2) is 3.79. The zero-order valence-corrected chi connectivity index (χ0v) is 7.22. The molecule has 0 bridgehead atoms. The summed E-state index contributed by atoms with van der Waals surface area (Å²) < 4.78 is 0. The normalized spacial score (nSPS) is 9.60. The topological polar surface area (TPSA) is 112 Å². The standard InChI is InChI=1S/C9H5O6/c10-7(11)4-1-5(8(12)13)3-6(2-4)9(14)15/h1-2H,(H,10,11)(H,12,13)(H,14,15). The molecule has 0 amide bonds. The van der Waals surface area contributed by atoms with Crippen LogP contribution in [-0.4, -0.2) is 33.2 Å². The highest BCUT2D eigenvalue weighted by molar-refractivity contribution is 5.98. The van der Waals surface area contributed by atoms with Crippen LogP contribution in [0.4, 0.5) is 0 Å². The van der Waals surface area contributed by atoms with Gasteiger partial charge in [0.1, 0.15) is 0 Å². The quantitative estimate of drug-likeness (QED) is 0.671.